The molecule has 2 atom stereocenters. The number of rotatable bonds is 4. The Hall–Kier alpha value is -3.39. The maximum Gasteiger partial charge on any atom is 0.290 e. The first-order valence-corrected chi connectivity index (χ1v) is 7.99. The van der Waals surface area contributed by atoms with Crippen LogP contribution in [-0.4, -0.2) is 44.7 Å². The lowest BCUT2D eigenvalue weighted by Crippen LogP contribution is -2.35. The van der Waals surface area contributed by atoms with Crippen molar-refractivity contribution in [3.8, 4) is 17.9 Å². The first-order valence-electron chi connectivity index (χ1n) is 7.99. The molecule has 8 heteroatoms. The summed E-state index contributed by atoms with van der Waals surface area (Å²) in [5, 5.41) is 25.0. The maximum absolute atomic E-state index is 12.2. The summed E-state index contributed by atoms with van der Waals surface area (Å²) in [5.74, 6) is -0.0408. The van der Waals surface area contributed by atoms with Crippen molar-refractivity contribution < 1.29 is 4.79 Å². The van der Waals surface area contributed by atoms with Crippen molar-refractivity contribution in [1.82, 2.24) is 25.0 Å². The Labute approximate surface area is 145 Å². The minimum atomic E-state index is -0.349. The fourth-order valence-electron chi connectivity index (χ4n) is 2.93. The van der Waals surface area contributed by atoms with Crippen LogP contribution in [0.15, 0.2) is 30.6 Å². The first-order chi connectivity index (χ1) is 12.1. The molecular weight excluding hydrogens is 318 g/mol. The van der Waals surface area contributed by atoms with Gasteiger partial charge >= 0.3 is 0 Å². The van der Waals surface area contributed by atoms with Gasteiger partial charge in [-0.15, -0.1) is 5.10 Å². The third kappa shape index (κ3) is 3.43. The van der Waals surface area contributed by atoms with Crippen molar-refractivity contribution in [2.45, 2.75) is 19.4 Å². The summed E-state index contributed by atoms with van der Waals surface area (Å²) in [6.45, 7) is 3.19. The molecule has 1 fully saturated rings. The van der Waals surface area contributed by atoms with E-state index >= 15 is 0 Å². The molecule has 0 aliphatic carbocycles. The number of nitrogens with zero attached hydrogens (tertiary/aromatic N) is 6. The Balaban J connectivity index is 1.63. The van der Waals surface area contributed by atoms with Crippen LogP contribution >= 0.6 is 0 Å². The molecule has 25 heavy (non-hydrogen) atoms. The fraction of sp³-hybridized carbons (Fsp3) is 0.353. The van der Waals surface area contributed by atoms with Gasteiger partial charge in [0, 0.05) is 19.1 Å². The number of amides is 1. The number of hydrogen-bond donors (Lipinski definition) is 1. The van der Waals surface area contributed by atoms with Gasteiger partial charge in [0.25, 0.3) is 5.91 Å². The highest BCUT2D eigenvalue weighted by Gasteiger charge is 2.30. The minimum Gasteiger partial charge on any atom is -0.349 e. The van der Waals surface area contributed by atoms with Gasteiger partial charge in [0.05, 0.1) is 17.3 Å². The van der Waals surface area contributed by atoms with Crippen LogP contribution < -0.4 is 5.32 Å². The van der Waals surface area contributed by atoms with Gasteiger partial charge in [-0.3, -0.25) is 4.79 Å². The van der Waals surface area contributed by atoms with Gasteiger partial charge in [-0.25, -0.2) is 9.67 Å². The highest BCUT2D eigenvalue weighted by atomic mass is 16.2. The average molecular weight is 335 g/mol. The first kappa shape index (κ1) is 16.5. The van der Waals surface area contributed by atoms with Gasteiger partial charge in [0.15, 0.2) is 6.19 Å². The molecule has 1 N–H and O–H groups in total. The molecule has 2 aromatic rings. The number of aromatic nitrogens is 3. The number of benzene rings is 1. The van der Waals surface area contributed by atoms with Crippen LogP contribution in [0.2, 0.25) is 0 Å². The van der Waals surface area contributed by atoms with Crippen LogP contribution in [0.5, 0.6) is 0 Å². The quantitative estimate of drug-likeness (QED) is 0.836. The Kier molecular flexibility index (Phi) is 4.62. The van der Waals surface area contributed by atoms with Gasteiger partial charge in [-0.2, -0.15) is 10.5 Å². The van der Waals surface area contributed by atoms with Gasteiger partial charge in [-0.05, 0) is 37.5 Å². The van der Waals surface area contributed by atoms with Crippen LogP contribution in [0, 0.1) is 28.7 Å². The molecular formula is C17H17N7O. The molecule has 8 nitrogen and oxygen atoms in total. The fourth-order valence-corrected chi connectivity index (χ4v) is 2.93. The van der Waals surface area contributed by atoms with Crippen LogP contribution in [-0.2, 0) is 0 Å². The Bertz CT molecular complexity index is 860. The van der Waals surface area contributed by atoms with E-state index in [0.717, 1.165) is 13.0 Å². The Morgan fingerprint density at radius 3 is 3.00 bits per heavy atom. The SMILES string of the molecule is C[C@@H]1C(CNC(=O)c2ncn(-c3cccc(C#N)c3)n2)CCN1C#N. The number of carbonyl (C=O) groups is 1. The minimum absolute atomic E-state index is 0.0742. The summed E-state index contributed by atoms with van der Waals surface area (Å²) < 4.78 is 1.46. The Morgan fingerprint density at radius 2 is 2.28 bits per heavy atom. The zero-order valence-corrected chi connectivity index (χ0v) is 13.8. The van der Waals surface area contributed by atoms with Crippen LogP contribution in [0.3, 0.4) is 0 Å². The van der Waals surface area contributed by atoms with E-state index in [1.165, 1.54) is 11.0 Å². The zero-order chi connectivity index (χ0) is 17.8. The second-order valence-electron chi connectivity index (χ2n) is 5.97. The van der Waals surface area contributed by atoms with Crippen LogP contribution in [0.4, 0.5) is 0 Å². The van der Waals surface area contributed by atoms with E-state index in [4.69, 9.17) is 10.5 Å². The molecule has 0 saturated carbocycles. The third-order valence-corrected chi connectivity index (χ3v) is 4.50. The molecule has 1 unspecified atom stereocenters. The summed E-state index contributed by atoms with van der Waals surface area (Å²) in [4.78, 5) is 18.0. The van der Waals surface area contributed by atoms with Crippen molar-refractivity contribution in [1.29, 1.82) is 10.5 Å². The lowest BCUT2D eigenvalue weighted by molar-refractivity contribution is 0.0935. The number of nitrogens with one attached hydrogen (secondary N) is 1. The van der Waals surface area contributed by atoms with E-state index < -0.39 is 0 Å². The van der Waals surface area contributed by atoms with Crippen LogP contribution in [0.25, 0.3) is 5.69 Å². The average Bonchev–Trinajstić information content (AvgIpc) is 3.27. The van der Waals surface area contributed by atoms with Gasteiger partial charge < -0.3 is 10.2 Å². The van der Waals surface area contributed by atoms with E-state index in [1.54, 1.807) is 29.2 Å². The molecule has 1 aromatic heterocycles. The number of carbonyl (C=O) groups excluding carboxylic acids is 1. The second kappa shape index (κ2) is 7.02. The monoisotopic (exact) mass is 335 g/mol. The lowest BCUT2D eigenvalue weighted by Gasteiger charge is -2.19. The van der Waals surface area contributed by atoms with E-state index in [2.05, 4.69) is 27.7 Å². The Morgan fingerprint density at radius 1 is 1.44 bits per heavy atom. The molecule has 1 saturated heterocycles. The smallest absolute Gasteiger partial charge is 0.290 e. The molecule has 0 radical (unpaired) electrons. The van der Waals surface area contributed by atoms with Gasteiger partial charge in [-0.1, -0.05) is 6.07 Å². The van der Waals surface area contributed by atoms with Crippen molar-refractivity contribution >= 4 is 5.91 Å². The number of hydrogen-bond acceptors (Lipinski definition) is 6. The lowest BCUT2D eigenvalue weighted by atomic mass is 10.0. The summed E-state index contributed by atoms with van der Waals surface area (Å²) >= 11 is 0. The van der Waals surface area contributed by atoms with Crippen molar-refractivity contribution in [3.05, 3.63) is 42.0 Å². The van der Waals surface area contributed by atoms with Crippen LogP contribution in [0.1, 0.15) is 29.5 Å². The number of nitriles is 2. The topological polar surface area (TPSA) is 111 Å². The standard InChI is InChI=1S/C17H17N7O/c1-12-14(5-6-23(12)10-19)9-20-17(25)16-21-11-24(22-16)15-4-2-3-13(7-15)8-18/h2-4,7,11-12,14H,5-6,9H2,1H3,(H,20,25)/t12-,14?/m1/s1. The summed E-state index contributed by atoms with van der Waals surface area (Å²) in [6.07, 6.45) is 4.48. The largest absolute Gasteiger partial charge is 0.349 e. The summed E-state index contributed by atoms with van der Waals surface area (Å²) in [5.41, 5.74) is 1.18. The normalized spacial score (nSPS) is 19.2. The molecule has 1 aliphatic heterocycles. The molecule has 0 spiro atoms. The zero-order valence-electron chi connectivity index (χ0n) is 13.8. The molecule has 1 aliphatic rings. The van der Waals surface area contributed by atoms with E-state index in [1.807, 2.05) is 6.92 Å². The van der Waals surface area contributed by atoms with Crippen molar-refractivity contribution in [2.24, 2.45) is 5.92 Å². The number of likely N-dealkylation sites (tertiary alicyclic amines) is 1. The molecule has 126 valence electrons. The van der Waals surface area contributed by atoms with E-state index in [0.29, 0.717) is 17.8 Å². The van der Waals surface area contributed by atoms with Crippen molar-refractivity contribution in [3.63, 3.8) is 0 Å². The molecule has 3 rings (SSSR count). The van der Waals surface area contributed by atoms with E-state index in [-0.39, 0.29) is 23.7 Å². The predicted octanol–water partition coefficient (Wildman–Crippen LogP) is 1.06. The predicted molar refractivity (Wildman–Crippen MR) is 88.3 cm³/mol. The maximum atomic E-state index is 12.2. The molecule has 2 heterocycles. The third-order valence-electron chi connectivity index (χ3n) is 4.50. The molecule has 1 amide bonds. The van der Waals surface area contributed by atoms with Crippen molar-refractivity contribution in [2.75, 3.05) is 13.1 Å². The highest BCUT2D eigenvalue weighted by molar-refractivity contribution is 5.90. The second-order valence-corrected chi connectivity index (χ2v) is 5.97. The summed E-state index contributed by atoms with van der Waals surface area (Å²) in [7, 11) is 0. The molecule has 1 aromatic carbocycles. The van der Waals surface area contributed by atoms with E-state index in [9.17, 15) is 4.79 Å². The highest BCUT2D eigenvalue weighted by Crippen LogP contribution is 2.22. The van der Waals surface area contributed by atoms with Gasteiger partial charge in [0.1, 0.15) is 6.33 Å². The summed E-state index contributed by atoms with van der Waals surface area (Å²) in [6, 6.07) is 9.08. The molecule has 0 bridgehead atoms. The van der Waals surface area contributed by atoms with Gasteiger partial charge in [0.2, 0.25) is 5.82 Å².